The van der Waals surface area contributed by atoms with Crippen molar-refractivity contribution in [2.24, 2.45) is 0 Å². The van der Waals surface area contributed by atoms with E-state index in [0.717, 1.165) is 12.3 Å². The highest BCUT2D eigenvalue weighted by molar-refractivity contribution is 6.27. The molecular weight excluding hydrogens is 305 g/mol. The number of rotatable bonds is 4. The summed E-state index contributed by atoms with van der Waals surface area (Å²) in [6.07, 6.45) is 5.32. The van der Waals surface area contributed by atoms with Gasteiger partial charge in [-0.25, -0.2) is 14.0 Å². The largest absolute Gasteiger partial charge is 0.492 e. The number of hydrogen-bond donors (Lipinski definition) is 2. The molecule has 1 heterocycles. The van der Waals surface area contributed by atoms with Gasteiger partial charge in [-0.3, -0.25) is 4.90 Å². The minimum absolute atomic E-state index is 0.218. The number of carboxylic acids is 2. The van der Waals surface area contributed by atoms with Crippen LogP contribution in [0.15, 0.2) is 24.3 Å². The molecule has 1 saturated heterocycles. The fraction of sp³-hybridized carbons (Fsp3) is 0.500. The van der Waals surface area contributed by atoms with Crippen LogP contribution in [0.2, 0.25) is 0 Å². The van der Waals surface area contributed by atoms with Crippen LogP contribution < -0.4 is 4.74 Å². The fourth-order valence-electron chi connectivity index (χ4n) is 2.18. The summed E-state index contributed by atoms with van der Waals surface area (Å²) >= 11 is 0. The molecule has 1 aromatic rings. The zero-order valence-corrected chi connectivity index (χ0v) is 12.9. The SMILES string of the molecule is Fc1ccc(OCCN2CCCCCC2)cc1.O=C(O)C(=O)O. The number of likely N-dealkylation sites (tertiary alicyclic amines) is 1. The molecule has 6 nitrogen and oxygen atoms in total. The summed E-state index contributed by atoms with van der Waals surface area (Å²) in [4.78, 5) is 20.7. The number of ether oxygens (including phenoxy) is 1. The lowest BCUT2D eigenvalue weighted by molar-refractivity contribution is -0.159. The van der Waals surface area contributed by atoms with Gasteiger partial charge < -0.3 is 14.9 Å². The summed E-state index contributed by atoms with van der Waals surface area (Å²) < 4.78 is 18.3. The van der Waals surface area contributed by atoms with Crippen LogP contribution in [0.1, 0.15) is 25.7 Å². The molecule has 1 aliphatic rings. The third-order valence-electron chi connectivity index (χ3n) is 3.37. The second-order valence-corrected chi connectivity index (χ2v) is 5.17. The van der Waals surface area contributed by atoms with Crippen LogP contribution in [0.5, 0.6) is 5.75 Å². The molecule has 0 aromatic heterocycles. The summed E-state index contributed by atoms with van der Waals surface area (Å²) in [7, 11) is 0. The van der Waals surface area contributed by atoms with Gasteiger partial charge in [0.1, 0.15) is 18.2 Å². The highest BCUT2D eigenvalue weighted by Crippen LogP contribution is 2.12. The Hall–Kier alpha value is -2.15. The summed E-state index contributed by atoms with van der Waals surface area (Å²) in [5.41, 5.74) is 0. The molecule has 2 N–H and O–H groups in total. The Morgan fingerprint density at radius 1 is 1.00 bits per heavy atom. The Bertz CT molecular complexity index is 472. The first kappa shape index (κ1) is 18.9. The van der Waals surface area contributed by atoms with Crippen LogP contribution in [-0.2, 0) is 9.59 Å². The molecule has 23 heavy (non-hydrogen) atoms. The molecule has 0 saturated carbocycles. The summed E-state index contributed by atoms with van der Waals surface area (Å²) in [6.45, 7) is 4.03. The van der Waals surface area contributed by atoms with Crippen LogP contribution in [0.25, 0.3) is 0 Å². The number of hydrogen-bond acceptors (Lipinski definition) is 4. The average molecular weight is 327 g/mol. The first-order chi connectivity index (χ1) is 11.0. The maximum atomic E-state index is 12.7. The standard InChI is InChI=1S/C14H20FNO.C2H2O4/c15-13-5-7-14(8-6-13)17-12-11-16-9-3-1-2-4-10-16;3-1(4)2(5)6/h5-8H,1-4,9-12H2;(H,3,4)(H,5,6). The van der Waals surface area contributed by atoms with E-state index in [0.29, 0.717) is 6.61 Å². The van der Waals surface area contributed by atoms with Gasteiger partial charge in [-0.05, 0) is 50.2 Å². The van der Waals surface area contributed by atoms with Crippen LogP contribution in [0.3, 0.4) is 0 Å². The topological polar surface area (TPSA) is 87.1 Å². The Labute approximate surface area is 134 Å². The Morgan fingerprint density at radius 2 is 1.52 bits per heavy atom. The van der Waals surface area contributed by atoms with E-state index in [1.807, 2.05) is 0 Å². The van der Waals surface area contributed by atoms with Gasteiger partial charge in [0.15, 0.2) is 0 Å². The molecule has 1 fully saturated rings. The van der Waals surface area contributed by atoms with Crippen molar-refractivity contribution in [1.29, 1.82) is 0 Å². The normalized spacial score (nSPS) is 15.0. The van der Waals surface area contributed by atoms with Crippen LogP contribution in [0, 0.1) is 5.82 Å². The van der Waals surface area contributed by atoms with E-state index in [2.05, 4.69) is 4.90 Å². The van der Waals surface area contributed by atoms with E-state index in [-0.39, 0.29) is 5.82 Å². The number of benzene rings is 1. The predicted molar refractivity (Wildman–Crippen MR) is 82.1 cm³/mol. The van der Waals surface area contributed by atoms with Crippen molar-refractivity contribution < 1.29 is 28.9 Å². The van der Waals surface area contributed by atoms with E-state index >= 15 is 0 Å². The Balaban J connectivity index is 0.000000379. The van der Waals surface area contributed by atoms with E-state index in [1.165, 1.54) is 50.9 Å². The Morgan fingerprint density at radius 3 is 2.00 bits per heavy atom. The molecule has 0 amide bonds. The van der Waals surface area contributed by atoms with Crippen molar-refractivity contribution in [3.8, 4) is 5.75 Å². The third kappa shape index (κ3) is 8.77. The molecule has 1 aliphatic heterocycles. The minimum atomic E-state index is -1.82. The molecule has 0 unspecified atom stereocenters. The Kier molecular flexibility index (Phi) is 8.67. The van der Waals surface area contributed by atoms with Crippen molar-refractivity contribution >= 4 is 11.9 Å². The summed E-state index contributed by atoms with van der Waals surface area (Å²) in [6, 6.07) is 6.22. The highest BCUT2D eigenvalue weighted by atomic mass is 19.1. The maximum absolute atomic E-state index is 12.7. The molecule has 0 atom stereocenters. The molecule has 128 valence electrons. The third-order valence-corrected chi connectivity index (χ3v) is 3.37. The number of nitrogens with zero attached hydrogens (tertiary/aromatic N) is 1. The first-order valence-electron chi connectivity index (χ1n) is 7.56. The molecule has 0 spiro atoms. The van der Waals surface area contributed by atoms with E-state index in [9.17, 15) is 4.39 Å². The van der Waals surface area contributed by atoms with Gasteiger partial charge in [-0.2, -0.15) is 0 Å². The number of halogens is 1. The van der Waals surface area contributed by atoms with Gasteiger partial charge in [0.25, 0.3) is 0 Å². The van der Waals surface area contributed by atoms with Crippen molar-refractivity contribution in [2.45, 2.75) is 25.7 Å². The number of aliphatic carboxylic acids is 2. The molecule has 1 aromatic carbocycles. The highest BCUT2D eigenvalue weighted by Gasteiger charge is 2.08. The maximum Gasteiger partial charge on any atom is 0.414 e. The van der Waals surface area contributed by atoms with Crippen LogP contribution in [-0.4, -0.2) is 53.3 Å². The van der Waals surface area contributed by atoms with Crippen molar-refractivity contribution in [3.05, 3.63) is 30.1 Å². The van der Waals surface area contributed by atoms with Gasteiger partial charge in [-0.15, -0.1) is 0 Å². The molecule has 2 rings (SSSR count). The van der Waals surface area contributed by atoms with Crippen molar-refractivity contribution in [1.82, 2.24) is 4.90 Å². The molecular formula is C16H22FNO5. The van der Waals surface area contributed by atoms with Gasteiger partial charge in [0.2, 0.25) is 0 Å². The second-order valence-electron chi connectivity index (χ2n) is 5.17. The van der Waals surface area contributed by atoms with E-state index in [4.69, 9.17) is 24.5 Å². The quantitative estimate of drug-likeness (QED) is 0.825. The minimum Gasteiger partial charge on any atom is -0.492 e. The molecule has 7 heteroatoms. The molecule has 0 aliphatic carbocycles. The van der Waals surface area contributed by atoms with Crippen molar-refractivity contribution in [3.63, 3.8) is 0 Å². The fourth-order valence-corrected chi connectivity index (χ4v) is 2.18. The molecule has 0 radical (unpaired) electrons. The smallest absolute Gasteiger partial charge is 0.414 e. The van der Waals surface area contributed by atoms with Gasteiger partial charge in [0.05, 0.1) is 0 Å². The van der Waals surface area contributed by atoms with Gasteiger partial charge in [-0.1, -0.05) is 12.8 Å². The van der Waals surface area contributed by atoms with Crippen molar-refractivity contribution in [2.75, 3.05) is 26.2 Å². The van der Waals surface area contributed by atoms with E-state index < -0.39 is 11.9 Å². The zero-order chi connectivity index (χ0) is 17.1. The lowest BCUT2D eigenvalue weighted by atomic mass is 10.2. The number of carbonyl (C=O) groups is 2. The van der Waals surface area contributed by atoms with E-state index in [1.54, 1.807) is 12.1 Å². The summed E-state index contributed by atoms with van der Waals surface area (Å²) in [5, 5.41) is 14.8. The lowest BCUT2D eigenvalue weighted by Gasteiger charge is -2.19. The lowest BCUT2D eigenvalue weighted by Crippen LogP contribution is -2.29. The predicted octanol–water partition coefficient (Wildman–Crippen LogP) is 2.24. The van der Waals surface area contributed by atoms with Crippen LogP contribution >= 0.6 is 0 Å². The van der Waals surface area contributed by atoms with Gasteiger partial charge in [0, 0.05) is 6.54 Å². The second kappa shape index (κ2) is 10.6. The molecule has 0 bridgehead atoms. The summed E-state index contributed by atoms with van der Waals surface area (Å²) in [5.74, 6) is -3.11. The average Bonchev–Trinajstić information content (AvgIpc) is 2.78. The number of carboxylic acid groups (broad SMARTS) is 2. The first-order valence-corrected chi connectivity index (χ1v) is 7.56. The van der Waals surface area contributed by atoms with Gasteiger partial charge >= 0.3 is 11.9 Å². The monoisotopic (exact) mass is 327 g/mol. The zero-order valence-electron chi connectivity index (χ0n) is 12.9. The van der Waals surface area contributed by atoms with Crippen LogP contribution in [0.4, 0.5) is 4.39 Å².